The molecule has 2 nitrogen and oxygen atoms in total. The quantitative estimate of drug-likeness (QED) is 0.603. The van der Waals surface area contributed by atoms with Crippen molar-refractivity contribution in [2.24, 2.45) is 23.3 Å². The molecule has 0 rings (SSSR count). The van der Waals surface area contributed by atoms with Gasteiger partial charge in [0.1, 0.15) is 0 Å². The molecule has 0 bridgehead atoms. The molecular weight excluding hydrogens is 124 g/mol. The second-order valence-corrected chi connectivity index (χ2v) is 3.12. The molecule has 0 fully saturated rings. The first kappa shape index (κ1) is 9.92. The number of hydrogen-bond donors (Lipinski definition) is 2. The summed E-state index contributed by atoms with van der Waals surface area (Å²) in [5.74, 6) is 1.38. The van der Waals surface area contributed by atoms with Gasteiger partial charge in [-0.25, -0.2) is 0 Å². The van der Waals surface area contributed by atoms with E-state index in [1.807, 2.05) is 0 Å². The van der Waals surface area contributed by atoms with Gasteiger partial charge in [-0.2, -0.15) is 0 Å². The monoisotopic (exact) mass is 144 g/mol. The van der Waals surface area contributed by atoms with Crippen molar-refractivity contribution in [3.63, 3.8) is 0 Å². The summed E-state index contributed by atoms with van der Waals surface area (Å²) in [4.78, 5) is 0. The Hall–Kier alpha value is -0.0800. The minimum atomic E-state index is 0.645. The zero-order valence-corrected chi connectivity index (χ0v) is 7.14. The van der Waals surface area contributed by atoms with E-state index >= 15 is 0 Å². The molecule has 0 saturated heterocycles. The maximum atomic E-state index is 5.51. The van der Waals surface area contributed by atoms with Gasteiger partial charge in [0.2, 0.25) is 0 Å². The van der Waals surface area contributed by atoms with E-state index in [0.717, 1.165) is 25.4 Å². The molecule has 10 heavy (non-hydrogen) atoms. The Labute approximate surface area is 64.0 Å². The van der Waals surface area contributed by atoms with Crippen LogP contribution in [0.15, 0.2) is 0 Å². The lowest BCUT2D eigenvalue weighted by Gasteiger charge is -2.16. The van der Waals surface area contributed by atoms with Crippen LogP contribution in [0.3, 0.4) is 0 Å². The van der Waals surface area contributed by atoms with Crippen molar-refractivity contribution in [1.82, 2.24) is 0 Å². The molecular formula is C8H20N2. The Morgan fingerprint density at radius 2 is 1.70 bits per heavy atom. The molecule has 2 atom stereocenters. The fraction of sp³-hybridized carbons (Fsp3) is 1.00. The molecule has 0 heterocycles. The molecule has 0 aromatic rings. The highest BCUT2D eigenvalue weighted by atomic mass is 14.5. The normalized spacial score (nSPS) is 16.8. The van der Waals surface area contributed by atoms with Gasteiger partial charge in [-0.1, -0.05) is 13.8 Å². The summed E-state index contributed by atoms with van der Waals surface area (Å²) >= 11 is 0. The van der Waals surface area contributed by atoms with Crippen LogP contribution in [0.1, 0.15) is 26.7 Å². The average molecular weight is 144 g/mol. The highest BCUT2D eigenvalue weighted by Crippen LogP contribution is 2.14. The van der Waals surface area contributed by atoms with Crippen LogP contribution >= 0.6 is 0 Å². The third-order valence-corrected chi connectivity index (χ3v) is 2.21. The zero-order valence-electron chi connectivity index (χ0n) is 7.14. The van der Waals surface area contributed by atoms with E-state index in [0.29, 0.717) is 5.92 Å². The van der Waals surface area contributed by atoms with Crippen molar-refractivity contribution in [3.8, 4) is 0 Å². The van der Waals surface area contributed by atoms with Gasteiger partial charge in [-0.05, 0) is 37.8 Å². The summed E-state index contributed by atoms with van der Waals surface area (Å²) in [6.07, 6.45) is 2.35. The number of rotatable bonds is 5. The van der Waals surface area contributed by atoms with Crippen molar-refractivity contribution in [3.05, 3.63) is 0 Å². The Morgan fingerprint density at radius 3 is 2.10 bits per heavy atom. The standard InChI is InChI=1S/C8H20N2/c1-7(4-3-5-9)8(2)6-10/h7-8H,3-6,9-10H2,1-2H3. The summed E-state index contributed by atoms with van der Waals surface area (Å²) in [5.41, 5.74) is 10.9. The predicted octanol–water partition coefficient (Wildman–Crippen LogP) is 0.956. The minimum absolute atomic E-state index is 0.645. The van der Waals surface area contributed by atoms with Gasteiger partial charge < -0.3 is 11.5 Å². The van der Waals surface area contributed by atoms with Crippen molar-refractivity contribution in [2.75, 3.05) is 13.1 Å². The molecule has 0 aliphatic carbocycles. The maximum absolute atomic E-state index is 5.51. The number of hydrogen-bond acceptors (Lipinski definition) is 2. The Kier molecular flexibility index (Phi) is 5.64. The van der Waals surface area contributed by atoms with Crippen molar-refractivity contribution >= 4 is 0 Å². The zero-order chi connectivity index (χ0) is 7.98. The highest BCUT2D eigenvalue weighted by Gasteiger charge is 2.08. The molecule has 2 heteroatoms. The first-order chi connectivity index (χ1) is 4.72. The number of nitrogens with two attached hydrogens (primary N) is 2. The van der Waals surface area contributed by atoms with Crippen molar-refractivity contribution in [2.45, 2.75) is 26.7 Å². The second-order valence-electron chi connectivity index (χ2n) is 3.12. The molecule has 0 amide bonds. The van der Waals surface area contributed by atoms with E-state index in [9.17, 15) is 0 Å². The van der Waals surface area contributed by atoms with Crippen molar-refractivity contribution < 1.29 is 0 Å². The van der Waals surface area contributed by atoms with Gasteiger partial charge in [-0.3, -0.25) is 0 Å². The fourth-order valence-electron chi connectivity index (χ4n) is 0.957. The summed E-state index contributed by atoms with van der Waals surface area (Å²) in [6, 6.07) is 0. The van der Waals surface area contributed by atoms with E-state index in [1.165, 1.54) is 6.42 Å². The lowest BCUT2D eigenvalue weighted by Crippen LogP contribution is -2.19. The van der Waals surface area contributed by atoms with Crippen LogP contribution in [0.4, 0.5) is 0 Å². The van der Waals surface area contributed by atoms with Gasteiger partial charge in [-0.15, -0.1) is 0 Å². The van der Waals surface area contributed by atoms with Crippen LogP contribution in [-0.4, -0.2) is 13.1 Å². The fourth-order valence-corrected chi connectivity index (χ4v) is 0.957. The van der Waals surface area contributed by atoms with Gasteiger partial charge in [0.25, 0.3) is 0 Å². The second kappa shape index (κ2) is 5.69. The van der Waals surface area contributed by atoms with E-state index in [4.69, 9.17) is 11.5 Å². The molecule has 4 N–H and O–H groups in total. The van der Waals surface area contributed by atoms with Gasteiger partial charge in [0.15, 0.2) is 0 Å². The first-order valence-corrected chi connectivity index (χ1v) is 4.12. The van der Waals surface area contributed by atoms with Crippen molar-refractivity contribution in [1.29, 1.82) is 0 Å². The van der Waals surface area contributed by atoms with Gasteiger partial charge in [0, 0.05) is 0 Å². The van der Waals surface area contributed by atoms with Crippen LogP contribution in [-0.2, 0) is 0 Å². The SMILES string of the molecule is CC(CN)C(C)CCCN. The first-order valence-electron chi connectivity index (χ1n) is 4.12. The van der Waals surface area contributed by atoms with Crippen LogP contribution in [0.2, 0.25) is 0 Å². The Balaban J connectivity index is 3.31. The lowest BCUT2D eigenvalue weighted by atomic mass is 9.92. The third kappa shape index (κ3) is 3.85. The predicted molar refractivity (Wildman–Crippen MR) is 45.7 cm³/mol. The molecule has 2 unspecified atom stereocenters. The van der Waals surface area contributed by atoms with Crippen LogP contribution in [0.5, 0.6) is 0 Å². The summed E-state index contributed by atoms with van der Waals surface area (Å²) in [6.45, 7) is 6.04. The van der Waals surface area contributed by atoms with Crippen LogP contribution in [0.25, 0.3) is 0 Å². The Bertz CT molecular complexity index is 73.7. The van der Waals surface area contributed by atoms with Gasteiger partial charge in [0.05, 0.1) is 0 Å². The molecule has 0 spiro atoms. The highest BCUT2D eigenvalue weighted by molar-refractivity contribution is 4.62. The summed E-state index contributed by atoms with van der Waals surface area (Å²) in [7, 11) is 0. The molecule has 0 aliphatic heterocycles. The van der Waals surface area contributed by atoms with Crippen LogP contribution in [0, 0.1) is 11.8 Å². The van der Waals surface area contributed by atoms with E-state index in [-0.39, 0.29) is 0 Å². The van der Waals surface area contributed by atoms with Gasteiger partial charge >= 0.3 is 0 Å². The third-order valence-electron chi connectivity index (χ3n) is 2.21. The largest absolute Gasteiger partial charge is 0.330 e. The molecule has 0 saturated carbocycles. The minimum Gasteiger partial charge on any atom is -0.330 e. The molecule has 0 aromatic heterocycles. The molecule has 0 aliphatic rings. The van der Waals surface area contributed by atoms with E-state index in [2.05, 4.69) is 13.8 Å². The van der Waals surface area contributed by atoms with E-state index < -0.39 is 0 Å². The molecule has 0 radical (unpaired) electrons. The van der Waals surface area contributed by atoms with E-state index in [1.54, 1.807) is 0 Å². The molecule has 0 aromatic carbocycles. The smallest absolute Gasteiger partial charge is 0.00490 e. The summed E-state index contributed by atoms with van der Waals surface area (Å²) in [5, 5.41) is 0. The van der Waals surface area contributed by atoms with Crippen LogP contribution < -0.4 is 11.5 Å². The average Bonchev–Trinajstić information content (AvgIpc) is 1.98. The Morgan fingerprint density at radius 1 is 1.10 bits per heavy atom. The summed E-state index contributed by atoms with van der Waals surface area (Å²) < 4.78 is 0. The maximum Gasteiger partial charge on any atom is -0.00490 e. The topological polar surface area (TPSA) is 52.0 Å². The lowest BCUT2D eigenvalue weighted by molar-refractivity contribution is 0.366. The molecule has 62 valence electrons.